The molecule has 1 aromatic rings. The van der Waals surface area contributed by atoms with Gasteiger partial charge in [0.2, 0.25) is 5.91 Å². The number of halogens is 1. The van der Waals surface area contributed by atoms with Crippen molar-refractivity contribution in [3.05, 3.63) is 30.1 Å². The van der Waals surface area contributed by atoms with Crippen LogP contribution < -0.4 is 5.32 Å². The van der Waals surface area contributed by atoms with Crippen molar-refractivity contribution in [2.24, 2.45) is 5.41 Å². The van der Waals surface area contributed by atoms with Crippen LogP contribution >= 0.6 is 0 Å². The zero-order chi connectivity index (χ0) is 16.0. The summed E-state index contributed by atoms with van der Waals surface area (Å²) in [5, 5.41) is 12.0. The molecule has 1 aromatic carbocycles. The van der Waals surface area contributed by atoms with Crippen LogP contribution in [0.5, 0.6) is 0 Å². The molecule has 0 saturated carbocycles. The first-order chi connectivity index (χ1) is 9.75. The summed E-state index contributed by atoms with van der Waals surface area (Å²) < 4.78 is 13.4. The molecular weight excluding hydrogens is 271 g/mol. The molecule has 21 heavy (non-hydrogen) atoms. The van der Waals surface area contributed by atoms with Crippen molar-refractivity contribution < 1.29 is 14.3 Å². The van der Waals surface area contributed by atoms with Crippen LogP contribution in [0.25, 0.3) is 0 Å². The topological polar surface area (TPSA) is 52.6 Å². The lowest BCUT2D eigenvalue weighted by atomic mass is 9.86. The molecule has 0 aliphatic carbocycles. The van der Waals surface area contributed by atoms with Gasteiger partial charge in [-0.2, -0.15) is 0 Å². The highest BCUT2D eigenvalue weighted by Gasteiger charge is 2.27. The largest absolute Gasteiger partial charge is 0.395 e. The van der Waals surface area contributed by atoms with Gasteiger partial charge in [0.15, 0.2) is 0 Å². The summed E-state index contributed by atoms with van der Waals surface area (Å²) in [7, 11) is 1.88. The number of para-hydroxylation sites is 1. The molecule has 1 unspecified atom stereocenters. The number of carbonyl (C=O) groups excluding carboxylic acids is 1. The van der Waals surface area contributed by atoms with E-state index in [9.17, 15) is 14.3 Å². The highest BCUT2D eigenvalue weighted by Crippen LogP contribution is 2.23. The Bertz CT molecular complexity index is 472. The molecule has 0 spiro atoms. The highest BCUT2D eigenvalue weighted by molar-refractivity contribution is 5.90. The molecule has 118 valence electrons. The third kappa shape index (κ3) is 5.44. The molecule has 1 amide bonds. The SMILES string of the molecule is CN(CCC(=O)Nc1ccccc1F)C(CO)C(C)(C)C. The maximum absolute atomic E-state index is 13.4. The van der Waals surface area contributed by atoms with Crippen molar-refractivity contribution >= 4 is 11.6 Å². The third-order valence-corrected chi connectivity index (χ3v) is 3.54. The van der Waals surface area contributed by atoms with E-state index in [1.165, 1.54) is 12.1 Å². The molecule has 5 heteroatoms. The van der Waals surface area contributed by atoms with Gasteiger partial charge in [0, 0.05) is 19.0 Å². The number of amides is 1. The maximum atomic E-state index is 13.4. The van der Waals surface area contributed by atoms with Gasteiger partial charge in [-0.05, 0) is 24.6 Å². The molecule has 0 aliphatic heterocycles. The van der Waals surface area contributed by atoms with E-state index in [1.807, 2.05) is 32.7 Å². The molecule has 0 bridgehead atoms. The standard InChI is InChI=1S/C16H25FN2O2/c1-16(2,3)14(11-20)19(4)10-9-15(21)18-13-8-6-5-7-12(13)17/h5-8,14,20H,9-11H2,1-4H3,(H,18,21). The molecule has 2 N–H and O–H groups in total. The minimum absolute atomic E-state index is 0.0289. The molecule has 0 saturated heterocycles. The Morgan fingerprint density at radius 1 is 1.38 bits per heavy atom. The summed E-state index contributed by atoms with van der Waals surface area (Å²) in [5.74, 6) is -0.681. The number of aliphatic hydroxyl groups is 1. The number of hydrogen-bond donors (Lipinski definition) is 2. The first kappa shape index (κ1) is 17.6. The fourth-order valence-electron chi connectivity index (χ4n) is 2.28. The van der Waals surface area contributed by atoms with Gasteiger partial charge < -0.3 is 15.3 Å². The lowest BCUT2D eigenvalue weighted by Gasteiger charge is -2.36. The Labute approximate surface area is 126 Å². The van der Waals surface area contributed by atoms with Crippen molar-refractivity contribution in [2.75, 3.05) is 25.5 Å². The minimum Gasteiger partial charge on any atom is -0.395 e. The summed E-state index contributed by atoms with van der Waals surface area (Å²) in [6.07, 6.45) is 0.247. The Morgan fingerprint density at radius 2 is 2.00 bits per heavy atom. The van der Waals surface area contributed by atoms with Gasteiger partial charge >= 0.3 is 0 Å². The van der Waals surface area contributed by atoms with Crippen LogP contribution in [0.3, 0.4) is 0 Å². The van der Waals surface area contributed by atoms with E-state index in [-0.39, 0.29) is 36.1 Å². The van der Waals surface area contributed by atoms with Crippen LogP contribution in [-0.2, 0) is 4.79 Å². The predicted molar refractivity (Wildman–Crippen MR) is 82.6 cm³/mol. The second-order valence-electron chi connectivity index (χ2n) is 6.32. The van der Waals surface area contributed by atoms with Crippen LogP contribution in [0, 0.1) is 11.2 Å². The van der Waals surface area contributed by atoms with Crippen LogP contribution in [0.4, 0.5) is 10.1 Å². The highest BCUT2D eigenvalue weighted by atomic mass is 19.1. The number of nitrogens with one attached hydrogen (secondary N) is 1. The third-order valence-electron chi connectivity index (χ3n) is 3.54. The monoisotopic (exact) mass is 296 g/mol. The van der Waals surface area contributed by atoms with E-state index in [4.69, 9.17) is 0 Å². The number of carbonyl (C=O) groups is 1. The molecular formula is C16H25FN2O2. The average molecular weight is 296 g/mol. The summed E-state index contributed by atoms with van der Waals surface area (Å²) in [4.78, 5) is 13.8. The van der Waals surface area contributed by atoms with E-state index in [0.717, 1.165) is 0 Å². The summed E-state index contributed by atoms with van der Waals surface area (Å²) >= 11 is 0. The molecule has 0 radical (unpaired) electrons. The number of nitrogens with zero attached hydrogens (tertiary/aromatic N) is 1. The van der Waals surface area contributed by atoms with E-state index in [2.05, 4.69) is 5.32 Å². The number of hydrogen-bond acceptors (Lipinski definition) is 3. The molecule has 4 nitrogen and oxygen atoms in total. The molecule has 1 rings (SSSR count). The Morgan fingerprint density at radius 3 is 2.52 bits per heavy atom. The van der Waals surface area contributed by atoms with Gasteiger partial charge in [0.25, 0.3) is 0 Å². The molecule has 0 heterocycles. The normalized spacial score (nSPS) is 13.3. The second-order valence-corrected chi connectivity index (χ2v) is 6.32. The van der Waals surface area contributed by atoms with Gasteiger partial charge in [-0.15, -0.1) is 0 Å². The van der Waals surface area contributed by atoms with E-state index >= 15 is 0 Å². The van der Waals surface area contributed by atoms with E-state index in [0.29, 0.717) is 6.54 Å². The minimum atomic E-state index is -0.442. The van der Waals surface area contributed by atoms with Crippen molar-refractivity contribution in [2.45, 2.75) is 33.2 Å². The summed E-state index contributed by atoms with van der Waals surface area (Å²) in [6.45, 7) is 6.68. The summed E-state index contributed by atoms with van der Waals surface area (Å²) in [5.41, 5.74) is 0.116. The zero-order valence-electron chi connectivity index (χ0n) is 13.2. The fourth-order valence-corrected chi connectivity index (χ4v) is 2.28. The molecule has 0 aliphatic rings. The van der Waals surface area contributed by atoms with Crippen molar-refractivity contribution in [3.63, 3.8) is 0 Å². The van der Waals surface area contributed by atoms with Crippen molar-refractivity contribution in [1.29, 1.82) is 0 Å². The molecule has 1 atom stereocenters. The average Bonchev–Trinajstić information content (AvgIpc) is 2.38. The lowest BCUT2D eigenvalue weighted by molar-refractivity contribution is -0.116. The van der Waals surface area contributed by atoms with Gasteiger partial charge in [-0.3, -0.25) is 4.79 Å². The predicted octanol–water partition coefficient (Wildman–Crippen LogP) is 2.49. The first-order valence-electron chi connectivity index (χ1n) is 7.11. The van der Waals surface area contributed by atoms with Crippen LogP contribution in [0.15, 0.2) is 24.3 Å². The number of likely N-dealkylation sites (N-methyl/N-ethyl adjacent to an activating group) is 1. The van der Waals surface area contributed by atoms with Crippen LogP contribution in [0.1, 0.15) is 27.2 Å². The number of benzene rings is 1. The Kier molecular flexibility index (Phi) is 6.30. The van der Waals surface area contributed by atoms with Gasteiger partial charge in [-0.1, -0.05) is 32.9 Å². The maximum Gasteiger partial charge on any atom is 0.225 e. The van der Waals surface area contributed by atoms with Crippen molar-refractivity contribution in [3.8, 4) is 0 Å². The number of aliphatic hydroxyl groups excluding tert-OH is 1. The van der Waals surface area contributed by atoms with E-state index < -0.39 is 5.82 Å². The van der Waals surface area contributed by atoms with Crippen LogP contribution in [-0.4, -0.2) is 42.2 Å². The zero-order valence-corrected chi connectivity index (χ0v) is 13.2. The molecule has 0 fully saturated rings. The number of anilines is 1. The first-order valence-corrected chi connectivity index (χ1v) is 7.11. The van der Waals surface area contributed by atoms with Crippen LogP contribution in [0.2, 0.25) is 0 Å². The summed E-state index contributed by atoms with van der Waals surface area (Å²) in [6, 6.07) is 6.06. The smallest absolute Gasteiger partial charge is 0.225 e. The molecule has 0 aromatic heterocycles. The van der Waals surface area contributed by atoms with Gasteiger partial charge in [-0.25, -0.2) is 4.39 Å². The van der Waals surface area contributed by atoms with E-state index in [1.54, 1.807) is 12.1 Å². The lowest BCUT2D eigenvalue weighted by Crippen LogP contribution is -2.45. The number of rotatable bonds is 6. The van der Waals surface area contributed by atoms with Crippen molar-refractivity contribution in [1.82, 2.24) is 4.90 Å². The Hall–Kier alpha value is -1.46. The van der Waals surface area contributed by atoms with Gasteiger partial charge in [0.1, 0.15) is 5.82 Å². The van der Waals surface area contributed by atoms with Gasteiger partial charge in [0.05, 0.1) is 12.3 Å². The fraction of sp³-hybridized carbons (Fsp3) is 0.562. The quantitative estimate of drug-likeness (QED) is 0.848. The Balaban J connectivity index is 2.51. The second kappa shape index (κ2) is 7.52.